The van der Waals surface area contributed by atoms with Crippen LogP contribution in [0.2, 0.25) is 0 Å². The summed E-state index contributed by atoms with van der Waals surface area (Å²) in [6.07, 6.45) is 3.22. The average Bonchev–Trinajstić information content (AvgIpc) is 3.23. The molecule has 0 unspecified atom stereocenters. The second-order valence-corrected chi connectivity index (χ2v) is 10.1. The van der Waals surface area contributed by atoms with Gasteiger partial charge in [-0.05, 0) is 54.2 Å². The number of ether oxygens (including phenoxy) is 3. The van der Waals surface area contributed by atoms with Crippen LogP contribution in [0, 0.1) is 22.7 Å². The van der Waals surface area contributed by atoms with Crippen molar-refractivity contribution in [3.8, 4) is 5.75 Å². The fraction of sp³-hybridized carbons (Fsp3) is 0.750. The first-order valence-electron chi connectivity index (χ1n) is 11.3. The number of morpholine rings is 1. The molecule has 2 heterocycles. The lowest BCUT2D eigenvalue weighted by atomic mass is 9.60. The second-order valence-electron chi connectivity index (χ2n) is 10.1. The molecule has 5 rings (SSSR count). The van der Waals surface area contributed by atoms with Gasteiger partial charge in [0.05, 0.1) is 25.4 Å². The number of rotatable bonds is 5. The van der Waals surface area contributed by atoms with Gasteiger partial charge < -0.3 is 19.3 Å². The number of benzene rings is 1. The number of nitrogens with zero attached hydrogens (tertiary/aromatic N) is 1. The van der Waals surface area contributed by atoms with Crippen LogP contribution in [0.25, 0.3) is 0 Å². The van der Waals surface area contributed by atoms with Gasteiger partial charge in [-0.3, -0.25) is 4.90 Å². The number of hydrogen-bond donors (Lipinski definition) is 1. The van der Waals surface area contributed by atoms with E-state index in [2.05, 4.69) is 43.0 Å². The monoisotopic (exact) mass is 401 g/mol. The Morgan fingerprint density at radius 2 is 1.90 bits per heavy atom. The minimum Gasteiger partial charge on any atom is -0.492 e. The summed E-state index contributed by atoms with van der Waals surface area (Å²) >= 11 is 0. The van der Waals surface area contributed by atoms with Crippen molar-refractivity contribution in [2.45, 2.75) is 45.3 Å². The van der Waals surface area contributed by atoms with Crippen LogP contribution in [0.1, 0.15) is 44.8 Å². The van der Waals surface area contributed by atoms with Crippen molar-refractivity contribution in [3.05, 3.63) is 29.8 Å². The van der Waals surface area contributed by atoms with Gasteiger partial charge in [0, 0.05) is 31.7 Å². The molecule has 4 aliphatic rings. The van der Waals surface area contributed by atoms with Crippen LogP contribution in [0.15, 0.2) is 24.3 Å². The molecule has 0 radical (unpaired) electrons. The van der Waals surface area contributed by atoms with Gasteiger partial charge in [0.15, 0.2) is 0 Å². The van der Waals surface area contributed by atoms with Gasteiger partial charge in [-0.25, -0.2) is 0 Å². The molecule has 2 saturated heterocycles. The van der Waals surface area contributed by atoms with Gasteiger partial charge in [-0.2, -0.15) is 0 Å². The van der Waals surface area contributed by atoms with Gasteiger partial charge in [0.1, 0.15) is 12.4 Å². The number of fused-ring (bicyclic) bond motifs is 1. The highest BCUT2D eigenvalue weighted by molar-refractivity contribution is 5.31. The summed E-state index contributed by atoms with van der Waals surface area (Å²) < 4.78 is 17.6. The Kier molecular flexibility index (Phi) is 5.14. The summed E-state index contributed by atoms with van der Waals surface area (Å²) in [6.45, 7) is 10.5. The smallest absolute Gasteiger partial charge is 0.119 e. The van der Waals surface area contributed by atoms with Crippen molar-refractivity contribution in [3.63, 3.8) is 0 Å². The molecule has 2 aliphatic heterocycles. The summed E-state index contributed by atoms with van der Waals surface area (Å²) in [5.41, 5.74) is 1.31. The van der Waals surface area contributed by atoms with E-state index in [1.807, 2.05) is 0 Å². The Balaban J connectivity index is 1.22. The highest BCUT2D eigenvalue weighted by atomic mass is 16.5. The third kappa shape index (κ3) is 3.31. The molecule has 2 saturated carbocycles. The first-order valence-corrected chi connectivity index (χ1v) is 11.3. The number of aliphatic hydroxyl groups is 1. The van der Waals surface area contributed by atoms with Crippen molar-refractivity contribution >= 4 is 0 Å². The quantitative estimate of drug-likeness (QED) is 0.821. The van der Waals surface area contributed by atoms with E-state index in [4.69, 9.17) is 14.2 Å². The molecule has 29 heavy (non-hydrogen) atoms. The van der Waals surface area contributed by atoms with Crippen molar-refractivity contribution < 1.29 is 19.3 Å². The summed E-state index contributed by atoms with van der Waals surface area (Å²) in [6, 6.07) is 8.48. The van der Waals surface area contributed by atoms with Crippen LogP contribution in [-0.2, 0) is 9.47 Å². The largest absolute Gasteiger partial charge is 0.492 e. The Morgan fingerprint density at radius 3 is 2.62 bits per heavy atom. The molecule has 0 aromatic heterocycles. The maximum absolute atomic E-state index is 11.2. The maximum atomic E-state index is 11.2. The standard InChI is InChI=1S/C24H35NO4/c1-23(2)18-15-20-21(29-11-7-24(20,16-18)22(23)26)17-3-5-19(6-4-17)28-14-10-25-8-12-27-13-9-25/h3-6,18,20-22,26H,7-16H2,1-2H3/t18-,20-,21-,22-,24+/m1/s1. The van der Waals surface area contributed by atoms with Gasteiger partial charge in [-0.1, -0.05) is 26.0 Å². The first-order chi connectivity index (χ1) is 14.0. The van der Waals surface area contributed by atoms with Gasteiger partial charge in [-0.15, -0.1) is 0 Å². The third-order valence-corrected chi connectivity index (χ3v) is 8.42. The molecule has 0 amide bonds. The topological polar surface area (TPSA) is 51.2 Å². The minimum absolute atomic E-state index is 0.0383. The molecule has 160 valence electrons. The Bertz CT molecular complexity index is 714. The second kappa shape index (κ2) is 7.52. The molecule has 1 aromatic carbocycles. The molecule has 2 bridgehead atoms. The number of hydrogen-bond acceptors (Lipinski definition) is 5. The zero-order chi connectivity index (χ0) is 20.1. The lowest BCUT2D eigenvalue weighted by Gasteiger charge is -2.51. The van der Waals surface area contributed by atoms with E-state index in [1.54, 1.807) is 0 Å². The van der Waals surface area contributed by atoms with Gasteiger partial charge in [0.2, 0.25) is 0 Å². The van der Waals surface area contributed by atoms with E-state index >= 15 is 0 Å². The molecule has 5 atom stereocenters. The van der Waals surface area contributed by atoms with E-state index in [0.29, 0.717) is 18.4 Å². The van der Waals surface area contributed by atoms with Crippen molar-refractivity contribution in [2.24, 2.45) is 22.7 Å². The molecule has 1 N–H and O–H groups in total. The van der Waals surface area contributed by atoms with Gasteiger partial charge >= 0.3 is 0 Å². The van der Waals surface area contributed by atoms with Crippen LogP contribution >= 0.6 is 0 Å². The molecule has 5 heteroatoms. The van der Waals surface area contributed by atoms with E-state index in [9.17, 15) is 5.11 Å². The maximum Gasteiger partial charge on any atom is 0.119 e. The van der Waals surface area contributed by atoms with Crippen LogP contribution < -0.4 is 4.74 Å². The molecule has 4 fully saturated rings. The Hall–Kier alpha value is -1.14. The van der Waals surface area contributed by atoms with E-state index in [1.165, 1.54) is 12.0 Å². The molecule has 1 spiro atoms. The zero-order valence-corrected chi connectivity index (χ0v) is 17.8. The van der Waals surface area contributed by atoms with E-state index in [-0.39, 0.29) is 23.0 Å². The van der Waals surface area contributed by atoms with Crippen molar-refractivity contribution in [1.82, 2.24) is 4.90 Å². The van der Waals surface area contributed by atoms with Crippen LogP contribution in [0.3, 0.4) is 0 Å². The van der Waals surface area contributed by atoms with E-state index in [0.717, 1.165) is 58.0 Å². The SMILES string of the molecule is CC1(C)[C@@H]2C[C@@H]3[C@@H](c4ccc(OCCN5CCOCC5)cc4)OCC[C@@]3(C2)[C@@H]1O. The van der Waals surface area contributed by atoms with Crippen molar-refractivity contribution in [1.29, 1.82) is 0 Å². The lowest BCUT2D eigenvalue weighted by Crippen LogP contribution is -2.51. The normalized spacial score (nSPS) is 38.7. The Morgan fingerprint density at radius 1 is 1.14 bits per heavy atom. The van der Waals surface area contributed by atoms with Gasteiger partial charge in [0.25, 0.3) is 0 Å². The fourth-order valence-electron chi connectivity index (χ4n) is 6.62. The summed E-state index contributed by atoms with van der Waals surface area (Å²) in [4.78, 5) is 2.38. The van der Waals surface area contributed by atoms with Crippen LogP contribution in [0.4, 0.5) is 0 Å². The molecular weight excluding hydrogens is 366 g/mol. The highest BCUT2D eigenvalue weighted by Gasteiger charge is 2.67. The summed E-state index contributed by atoms with van der Waals surface area (Å²) in [5.74, 6) is 1.95. The highest BCUT2D eigenvalue weighted by Crippen LogP contribution is 2.70. The van der Waals surface area contributed by atoms with Crippen LogP contribution in [0.5, 0.6) is 5.75 Å². The molecule has 5 nitrogen and oxygen atoms in total. The predicted octanol–water partition coefficient (Wildman–Crippen LogP) is 3.27. The lowest BCUT2D eigenvalue weighted by molar-refractivity contribution is -0.164. The molecule has 1 aromatic rings. The fourth-order valence-corrected chi connectivity index (χ4v) is 6.62. The average molecular weight is 402 g/mol. The van der Waals surface area contributed by atoms with E-state index < -0.39 is 0 Å². The molecular formula is C24H35NO4. The molecule has 2 aliphatic carbocycles. The summed E-state index contributed by atoms with van der Waals surface area (Å²) in [7, 11) is 0. The number of aliphatic hydroxyl groups excluding tert-OH is 1. The first kappa shape index (κ1) is 19.8. The van der Waals surface area contributed by atoms with Crippen molar-refractivity contribution in [2.75, 3.05) is 46.1 Å². The zero-order valence-electron chi connectivity index (χ0n) is 17.8. The summed E-state index contributed by atoms with van der Waals surface area (Å²) in [5, 5.41) is 11.2. The Labute approximate surface area is 174 Å². The predicted molar refractivity (Wildman–Crippen MR) is 111 cm³/mol. The van der Waals surface area contributed by atoms with Crippen LogP contribution in [-0.4, -0.2) is 62.2 Å². The minimum atomic E-state index is -0.215. The third-order valence-electron chi connectivity index (χ3n) is 8.42.